The van der Waals surface area contributed by atoms with Gasteiger partial charge >= 0.3 is 0 Å². The van der Waals surface area contributed by atoms with Gasteiger partial charge in [0.05, 0.1) is 0 Å². The van der Waals surface area contributed by atoms with Crippen LogP contribution in [0.5, 0.6) is 0 Å². The van der Waals surface area contributed by atoms with Gasteiger partial charge < -0.3 is 0 Å². The smallest absolute Gasteiger partial charge is 0.000139 e. The quantitative estimate of drug-likeness (QED) is 0.171. The molecule has 0 aliphatic heterocycles. The van der Waals surface area contributed by atoms with Gasteiger partial charge in [-0.15, -0.1) is 0 Å². The maximum absolute atomic E-state index is 2.30. The molecule has 0 aliphatic rings. The van der Waals surface area contributed by atoms with Crippen LogP contribution in [0, 0.1) is 0 Å². The van der Waals surface area contributed by atoms with Gasteiger partial charge in [0, 0.05) is 0 Å². The van der Waals surface area contributed by atoms with E-state index in [1.54, 1.807) is 0 Å². The Morgan fingerprint density at radius 2 is 0.375 bits per heavy atom. The van der Waals surface area contributed by atoms with Crippen molar-refractivity contribution in [2.75, 3.05) is 0 Å². The van der Waals surface area contributed by atoms with E-state index in [1.165, 1.54) is 76.8 Å². The zero-order chi connectivity index (χ0) is 33.9. The van der Waals surface area contributed by atoms with Crippen molar-refractivity contribution in [1.82, 2.24) is 0 Å². The first-order valence-corrected chi connectivity index (χ1v) is 17.5. The first-order chi connectivity index (χ1) is 23.9. The molecule has 0 heterocycles. The summed E-state index contributed by atoms with van der Waals surface area (Å²) in [5, 5.41) is 7.65. The molecule has 0 saturated carbocycles. The molecule has 0 saturated heterocycles. The molecule has 0 amide bonds. The van der Waals surface area contributed by atoms with Gasteiger partial charge in [-0.2, -0.15) is 0 Å². The molecule has 0 bridgehead atoms. The molecule has 0 fully saturated rings. The third-order valence-corrected chi connectivity index (χ3v) is 8.43. The normalized spacial score (nSPS) is 10.3. The highest BCUT2D eigenvalue weighted by atomic mass is 14.3. The minimum Gasteiger partial charge on any atom is -0.0683 e. The highest BCUT2D eigenvalue weighted by molar-refractivity contribution is 6.33. The second-order valence-corrected chi connectivity index (χ2v) is 10.8. The van der Waals surface area contributed by atoms with Gasteiger partial charge in [0.25, 0.3) is 0 Å². The third-order valence-electron chi connectivity index (χ3n) is 8.43. The molecule has 0 atom stereocenters. The average molecular weight is 623 g/mol. The van der Waals surface area contributed by atoms with E-state index in [4.69, 9.17) is 0 Å². The summed E-state index contributed by atoms with van der Waals surface area (Å²) in [6.07, 6.45) is 0. The molecule has 48 heavy (non-hydrogen) atoms. The van der Waals surface area contributed by atoms with Crippen LogP contribution < -0.4 is 0 Å². The van der Waals surface area contributed by atoms with Crippen molar-refractivity contribution >= 4 is 32.3 Å². The van der Waals surface area contributed by atoms with E-state index in [1.807, 2.05) is 41.5 Å². The fourth-order valence-corrected chi connectivity index (χ4v) is 6.75. The topological polar surface area (TPSA) is 0 Å². The van der Waals surface area contributed by atoms with Crippen molar-refractivity contribution in [2.45, 2.75) is 41.5 Å². The Balaban J connectivity index is 0.000000713. The molecule has 0 spiro atoms. The highest BCUT2D eigenvalue weighted by Crippen LogP contribution is 2.53. The van der Waals surface area contributed by atoms with E-state index in [0.717, 1.165) is 0 Å². The fraction of sp³-hybridized carbons (Fsp3) is 0.125. The van der Waals surface area contributed by atoms with E-state index in [2.05, 4.69) is 170 Å². The molecule has 0 aliphatic carbocycles. The van der Waals surface area contributed by atoms with Gasteiger partial charge in [-0.25, -0.2) is 0 Å². The molecule has 8 aromatic rings. The number of rotatable bonds is 4. The lowest BCUT2D eigenvalue weighted by molar-refractivity contribution is 1.50. The Morgan fingerprint density at radius 1 is 0.208 bits per heavy atom. The zero-order valence-corrected chi connectivity index (χ0v) is 29.2. The van der Waals surface area contributed by atoms with Gasteiger partial charge in [0.1, 0.15) is 0 Å². The van der Waals surface area contributed by atoms with Crippen LogP contribution in [0.2, 0.25) is 0 Å². The predicted octanol–water partition coefficient (Wildman–Crippen LogP) is 14.9. The number of hydrogen-bond donors (Lipinski definition) is 0. The van der Waals surface area contributed by atoms with Crippen LogP contribution in [0.4, 0.5) is 0 Å². The molecule has 0 aromatic heterocycles. The van der Waals surface area contributed by atoms with E-state index >= 15 is 0 Å². The number of hydrogen-bond acceptors (Lipinski definition) is 0. The molecule has 8 rings (SSSR count). The lowest BCUT2D eigenvalue weighted by Crippen LogP contribution is -1.97. The fourth-order valence-electron chi connectivity index (χ4n) is 6.75. The van der Waals surface area contributed by atoms with Crippen LogP contribution in [0.1, 0.15) is 41.5 Å². The third kappa shape index (κ3) is 6.27. The summed E-state index contributed by atoms with van der Waals surface area (Å²) in [5.74, 6) is 0. The summed E-state index contributed by atoms with van der Waals surface area (Å²) >= 11 is 0. The van der Waals surface area contributed by atoms with E-state index in [0.29, 0.717) is 0 Å². The summed E-state index contributed by atoms with van der Waals surface area (Å²) in [6.45, 7) is 12.0. The zero-order valence-electron chi connectivity index (χ0n) is 29.2. The van der Waals surface area contributed by atoms with Crippen molar-refractivity contribution in [3.8, 4) is 44.5 Å². The minimum absolute atomic E-state index is 1.23. The first-order valence-electron chi connectivity index (χ1n) is 17.5. The van der Waals surface area contributed by atoms with Gasteiger partial charge in [-0.3, -0.25) is 0 Å². The maximum atomic E-state index is 2.30. The second kappa shape index (κ2) is 16.4. The molecule has 0 unspecified atom stereocenters. The van der Waals surface area contributed by atoms with Gasteiger partial charge in [-0.1, -0.05) is 211 Å². The van der Waals surface area contributed by atoms with Crippen LogP contribution in [0.25, 0.3) is 76.8 Å². The van der Waals surface area contributed by atoms with Crippen LogP contribution in [0.15, 0.2) is 170 Å². The molecule has 0 radical (unpaired) electrons. The number of fused-ring (bicyclic) bond motifs is 3. The Bertz CT molecular complexity index is 1880. The molecule has 0 heteroatoms. The van der Waals surface area contributed by atoms with E-state index in [-0.39, 0.29) is 0 Å². The molecule has 8 aromatic carbocycles. The second-order valence-electron chi connectivity index (χ2n) is 10.8. The molecule has 238 valence electrons. The summed E-state index contributed by atoms with van der Waals surface area (Å²) < 4.78 is 0. The molecular formula is C48H46. The van der Waals surface area contributed by atoms with Crippen molar-refractivity contribution in [2.24, 2.45) is 0 Å². The molecule has 0 N–H and O–H groups in total. The van der Waals surface area contributed by atoms with E-state index < -0.39 is 0 Å². The Labute approximate surface area is 287 Å². The van der Waals surface area contributed by atoms with E-state index in [9.17, 15) is 0 Å². The van der Waals surface area contributed by atoms with Gasteiger partial charge in [-0.05, 0) is 76.8 Å². The number of benzene rings is 8. The van der Waals surface area contributed by atoms with Crippen molar-refractivity contribution in [3.05, 3.63) is 170 Å². The first kappa shape index (κ1) is 33.9. The minimum atomic E-state index is 1.23. The lowest BCUT2D eigenvalue weighted by atomic mass is 9.77. The summed E-state index contributed by atoms with van der Waals surface area (Å²) in [7, 11) is 0. The maximum Gasteiger partial charge on any atom is -0.000139 e. The SMILES string of the molecule is CC.CC.CC.c1ccc(-c2c3ccccc3c(-c3ccccc3)c3c(-c4ccccc4)c4ccccc4c(-c4ccccc4)c23)cc1. The largest absolute Gasteiger partial charge is 0.0683 e. The Morgan fingerprint density at radius 3 is 0.562 bits per heavy atom. The van der Waals surface area contributed by atoms with Crippen LogP contribution in [-0.2, 0) is 0 Å². The Hall–Kier alpha value is -5.46. The van der Waals surface area contributed by atoms with Crippen molar-refractivity contribution < 1.29 is 0 Å². The van der Waals surface area contributed by atoms with Crippen LogP contribution in [0.3, 0.4) is 0 Å². The Kier molecular flexibility index (Phi) is 11.6. The lowest BCUT2D eigenvalue weighted by Gasteiger charge is -2.25. The van der Waals surface area contributed by atoms with Crippen molar-refractivity contribution in [3.63, 3.8) is 0 Å². The standard InChI is InChI=1S/C42H28.3C2H6/c1-5-17-29(18-6-1)37-33-25-13-14-26-34(33)39(31-21-9-3-10-22-31)42-40(32-23-11-4-12-24-32)36-28-16-15-27-35(36)38(41(37)42)30-19-7-2-8-20-30;3*1-2/h1-28H;3*1-2H3. The van der Waals surface area contributed by atoms with Gasteiger partial charge in [0.15, 0.2) is 0 Å². The van der Waals surface area contributed by atoms with Gasteiger partial charge in [0.2, 0.25) is 0 Å². The molecule has 0 nitrogen and oxygen atoms in total. The summed E-state index contributed by atoms with van der Waals surface area (Å²) in [6, 6.07) is 61.7. The predicted molar refractivity (Wildman–Crippen MR) is 215 cm³/mol. The van der Waals surface area contributed by atoms with Crippen molar-refractivity contribution in [1.29, 1.82) is 0 Å². The average Bonchev–Trinajstić information content (AvgIpc) is 3.19. The monoisotopic (exact) mass is 622 g/mol. The highest BCUT2D eigenvalue weighted by Gasteiger charge is 2.25. The summed E-state index contributed by atoms with van der Waals surface area (Å²) in [4.78, 5) is 0. The van der Waals surface area contributed by atoms with Crippen LogP contribution in [-0.4, -0.2) is 0 Å². The molecular weight excluding hydrogens is 577 g/mol. The van der Waals surface area contributed by atoms with Crippen LogP contribution >= 0.6 is 0 Å². The summed E-state index contributed by atoms with van der Waals surface area (Å²) in [5.41, 5.74) is 10.0.